The molecule has 1 fully saturated rings. The lowest BCUT2D eigenvalue weighted by molar-refractivity contribution is -0.932. The summed E-state index contributed by atoms with van der Waals surface area (Å²) in [5, 5.41) is 2.80. The number of rotatable bonds is 5. The Morgan fingerprint density at radius 3 is 2.42 bits per heavy atom. The SMILES string of the molecule is CC(=O)Nc1ccc(CC[NH+]2CCC(C)(c3ccccc3)OC2)cc1.[Cl-]. The number of hydrogen-bond acceptors (Lipinski definition) is 2. The highest BCUT2D eigenvalue weighted by molar-refractivity contribution is 5.88. The quantitative estimate of drug-likeness (QED) is 0.732. The number of ether oxygens (including phenoxy) is 1. The van der Waals surface area contributed by atoms with Crippen molar-refractivity contribution in [3.63, 3.8) is 0 Å². The molecule has 1 aliphatic rings. The van der Waals surface area contributed by atoms with E-state index < -0.39 is 0 Å². The predicted molar refractivity (Wildman–Crippen MR) is 99.5 cm³/mol. The standard InChI is InChI=1S/C21H26N2O2.ClH/c1-17(24)22-20-10-8-18(9-11-20)12-14-23-15-13-21(2,25-16-23)19-6-4-3-5-7-19;/h3-11H,12-16H2,1-2H3,(H,22,24);1H. The molecule has 0 radical (unpaired) electrons. The van der Waals surface area contributed by atoms with Crippen molar-refractivity contribution in [1.29, 1.82) is 0 Å². The van der Waals surface area contributed by atoms with Gasteiger partial charge in [0.1, 0.15) is 5.60 Å². The van der Waals surface area contributed by atoms with Gasteiger partial charge >= 0.3 is 0 Å². The maximum Gasteiger partial charge on any atom is 0.221 e. The van der Waals surface area contributed by atoms with Gasteiger partial charge in [0.2, 0.25) is 5.91 Å². The minimum atomic E-state index is -0.162. The van der Waals surface area contributed by atoms with Crippen molar-refractivity contribution < 1.29 is 26.8 Å². The normalized spacial score (nSPS) is 22.3. The minimum absolute atomic E-state index is 0. The lowest BCUT2D eigenvalue weighted by Crippen LogP contribution is -3.14. The fraction of sp³-hybridized carbons (Fsp3) is 0.381. The third-order valence-corrected chi connectivity index (χ3v) is 4.98. The average Bonchev–Trinajstić information content (AvgIpc) is 2.63. The second-order valence-corrected chi connectivity index (χ2v) is 7.01. The molecule has 1 aliphatic heterocycles. The minimum Gasteiger partial charge on any atom is -1.00 e. The van der Waals surface area contributed by atoms with Gasteiger partial charge in [0.25, 0.3) is 0 Å². The van der Waals surface area contributed by atoms with Crippen molar-refractivity contribution in [3.05, 3.63) is 65.7 Å². The Morgan fingerprint density at radius 2 is 1.85 bits per heavy atom. The van der Waals surface area contributed by atoms with E-state index in [9.17, 15) is 4.79 Å². The van der Waals surface area contributed by atoms with E-state index in [4.69, 9.17) is 4.74 Å². The highest BCUT2D eigenvalue weighted by atomic mass is 35.5. The largest absolute Gasteiger partial charge is 1.00 e. The van der Waals surface area contributed by atoms with Gasteiger partial charge in [-0.2, -0.15) is 0 Å². The van der Waals surface area contributed by atoms with Gasteiger partial charge in [0.05, 0.1) is 13.1 Å². The van der Waals surface area contributed by atoms with Gasteiger partial charge in [-0.1, -0.05) is 42.5 Å². The van der Waals surface area contributed by atoms with Gasteiger partial charge in [-0.3, -0.25) is 4.79 Å². The third kappa shape index (κ3) is 5.31. The first kappa shape index (κ1) is 20.4. The van der Waals surface area contributed by atoms with Crippen LogP contribution in [-0.2, 0) is 21.6 Å². The second-order valence-electron chi connectivity index (χ2n) is 7.01. The Bertz CT molecular complexity index is 696. The molecule has 4 nitrogen and oxygen atoms in total. The van der Waals surface area contributed by atoms with Crippen molar-refractivity contribution in [2.45, 2.75) is 32.3 Å². The first-order valence-corrected chi connectivity index (χ1v) is 8.95. The number of carbonyl (C=O) groups is 1. The molecule has 0 aromatic heterocycles. The van der Waals surface area contributed by atoms with Crippen molar-refractivity contribution >= 4 is 11.6 Å². The lowest BCUT2D eigenvalue weighted by atomic mass is 9.91. The molecule has 0 saturated carbocycles. The molecule has 2 unspecified atom stereocenters. The summed E-state index contributed by atoms with van der Waals surface area (Å²) < 4.78 is 6.23. The van der Waals surface area contributed by atoms with Crippen molar-refractivity contribution in [1.82, 2.24) is 0 Å². The fourth-order valence-electron chi connectivity index (χ4n) is 3.32. The first-order chi connectivity index (χ1) is 12.0. The Kier molecular flexibility index (Phi) is 7.21. The molecule has 0 spiro atoms. The number of nitrogens with one attached hydrogen (secondary N) is 2. The maximum absolute atomic E-state index is 11.1. The smallest absolute Gasteiger partial charge is 0.221 e. The van der Waals surface area contributed by atoms with Crippen LogP contribution in [0.1, 0.15) is 31.4 Å². The van der Waals surface area contributed by atoms with Crippen LogP contribution in [0.4, 0.5) is 5.69 Å². The summed E-state index contributed by atoms with van der Waals surface area (Å²) in [6.07, 6.45) is 2.05. The van der Waals surface area contributed by atoms with Crippen LogP contribution in [0, 0.1) is 0 Å². The highest BCUT2D eigenvalue weighted by Gasteiger charge is 2.34. The fourth-order valence-corrected chi connectivity index (χ4v) is 3.32. The van der Waals surface area contributed by atoms with Crippen molar-refractivity contribution in [2.24, 2.45) is 0 Å². The van der Waals surface area contributed by atoms with E-state index in [1.165, 1.54) is 23.0 Å². The summed E-state index contributed by atoms with van der Waals surface area (Å²) in [4.78, 5) is 12.5. The van der Waals surface area contributed by atoms with E-state index in [1.54, 1.807) is 0 Å². The number of hydrogen-bond donors (Lipinski definition) is 2. The molecule has 26 heavy (non-hydrogen) atoms. The molecule has 2 N–H and O–H groups in total. The molecule has 2 aromatic carbocycles. The molecule has 2 atom stereocenters. The number of halogens is 1. The van der Waals surface area contributed by atoms with E-state index in [2.05, 4.69) is 48.6 Å². The van der Waals surface area contributed by atoms with E-state index in [0.717, 1.165) is 38.3 Å². The number of amides is 1. The Labute approximate surface area is 162 Å². The summed E-state index contributed by atoms with van der Waals surface area (Å²) in [6, 6.07) is 18.6. The number of quaternary nitrogens is 1. The molecule has 140 valence electrons. The summed E-state index contributed by atoms with van der Waals surface area (Å²) in [5.74, 6) is -0.0378. The van der Waals surface area contributed by atoms with Gasteiger partial charge in [-0.05, 0) is 30.2 Å². The van der Waals surface area contributed by atoms with E-state index in [-0.39, 0.29) is 23.9 Å². The van der Waals surface area contributed by atoms with Crippen LogP contribution >= 0.6 is 0 Å². The zero-order valence-electron chi connectivity index (χ0n) is 15.4. The number of carbonyl (C=O) groups excluding carboxylic acids is 1. The van der Waals surface area contributed by atoms with Crippen molar-refractivity contribution in [3.8, 4) is 0 Å². The molecule has 1 heterocycles. The van der Waals surface area contributed by atoms with E-state index in [1.807, 2.05) is 18.2 Å². The molecular formula is C21H27ClN2O2. The monoisotopic (exact) mass is 374 g/mol. The highest BCUT2D eigenvalue weighted by Crippen LogP contribution is 2.29. The molecule has 5 heteroatoms. The topological polar surface area (TPSA) is 42.8 Å². The Morgan fingerprint density at radius 1 is 1.15 bits per heavy atom. The number of benzene rings is 2. The molecule has 0 bridgehead atoms. The predicted octanol–water partition coefficient (Wildman–Crippen LogP) is -0.630. The average molecular weight is 375 g/mol. The van der Waals surface area contributed by atoms with Gasteiger partial charge in [-0.25, -0.2) is 0 Å². The van der Waals surface area contributed by atoms with Crippen LogP contribution < -0.4 is 22.6 Å². The lowest BCUT2D eigenvalue weighted by Gasteiger charge is -2.37. The van der Waals surface area contributed by atoms with Gasteiger partial charge in [0, 0.05) is 25.5 Å². The van der Waals surface area contributed by atoms with Crippen LogP contribution in [0.2, 0.25) is 0 Å². The zero-order chi connectivity index (χ0) is 17.7. The molecule has 2 aromatic rings. The molecule has 0 aliphatic carbocycles. The molecule has 3 rings (SSSR count). The number of anilines is 1. The van der Waals surface area contributed by atoms with E-state index >= 15 is 0 Å². The Hall–Kier alpha value is -1.88. The summed E-state index contributed by atoms with van der Waals surface area (Å²) in [5.41, 5.74) is 3.24. The van der Waals surface area contributed by atoms with Gasteiger partial charge < -0.3 is 27.4 Å². The molecular weight excluding hydrogens is 348 g/mol. The van der Waals surface area contributed by atoms with Crippen molar-refractivity contribution in [2.75, 3.05) is 25.1 Å². The first-order valence-electron chi connectivity index (χ1n) is 8.95. The van der Waals surface area contributed by atoms with Crippen LogP contribution in [-0.4, -0.2) is 25.7 Å². The van der Waals surface area contributed by atoms with Gasteiger partial charge in [0.15, 0.2) is 6.73 Å². The molecule has 1 saturated heterocycles. The van der Waals surface area contributed by atoms with Crippen LogP contribution in [0.5, 0.6) is 0 Å². The molecule has 1 amide bonds. The van der Waals surface area contributed by atoms with E-state index in [0.29, 0.717) is 0 Å². The third-order valence-electron chi connectivity index (χ3n) is 4.98. The van der Waals surface area contributed by atoms with Gasteiger partial charge in [-0.15, -0.1) is 0 Å². The van der Waals surface area contributed by atoms with Crippen LogP contribution in [0.3, 0.4) is 0 Å². The zero-order valence-corrected chi connectivity index (χ0v) is 16.2. The maximum atomic E-state index is 11.1. The summed E-state index contributed by atoms with van der Waals surface area (Å²) >= 11 is 0. The Balaban J connectivity index is 0.00000243. The second kappa shape index (κ2) is 9.17. The van der Waals surface area contributed by atoms with Crippen LogP contribution in [0.15, 0.2) is 54.6 Å². The van der Waals surface area contributed by atoms with Crippen LogP contribution in [0.25, 0.3) is 0 Å². The summed E-state index contributed by atoms with van der Waals surface area (Å²) in [6.45, 7) is 6.64. The summed E-state index contributed by atoms with van der Waals surface area (Å²) in [7, 11) is 0.